The molecule has 2 N–H and O–H groups in total. The lowest BCUT2D eigenvalue weighted by atomic mass is 10.0. The zero-order valence-corrected chi connectivity index (χ0v) is 24.7. The number of carbonyl (C=O) groups excluding carboxylic acids is 1. The Kier molecular flexibility index (Phi) is 9.95. The fraction of sp³-hybridized carbons (Fsp3) is 0.300. The van der Waals surface area contributed by atoms with Crippen molar-refractivity contribution in [2.24, 2.45) is 0 Å². The summed E-state index contributed by atoms with van der Waals surface area (Å²) < 4.78 is 42.2. The van der Waals surface area contributed by atoms with Gasteiger partial charge in [0.25, 0.3) is 5.91 Å². The van der Waals surface area contributed by atoms with Crippen molar-refractivity contribution >= 4 is 35.6 Å². The largest absolute Gasteiger partial charge is 0.416 e. The molecular weight excluding hydrogens is 581 g/mol. The van der Waals surface area contributed by atoms with Gasteiger partial charge in [-0.05, 0) is 68.9 Å². The van der Waals surface area contributed by atoms with Crippen LogP contribution in [0.2, 0.25) is 0 Å². The third-order valence-corrected chi connectivity index (χ3v) is 7.30. The molecule has 2 aromatic heterocycles. The van der Waals surface area contributed by atoms with Crippen LogP contribution >= 0.6 is 12.4 Å². The van der Waals surface area contributed by atoms with E-state index in [9.17, 15) is 18.0 Å². The van der Waals surface area contributed by atoms with Crippen molar-refractivity contribution in [2.75, 3.05) is 37.8 Å². The molecule has 0 saturated carbocycles. The average Bonchev–Trinajstić information content (AvgIpc) is 3.44. The van der Waals surface area contributed by atoms with Crippen LogP contribution in [0.4, 0.5) is 30.5 Å². The summed E-state index contributed by atoms with van der Waals surface area (Å²) in [5, 5.41) is 5.86. The van der Waals surface area contributed by atoms with E-state index < -0.39 is 17.6 Å². The van der Waals surface area contributed by atoms with Crippen LogP contribution in [0.25, 0.3) is 11.3 Å². The number of aryl methyl sites for hydroxylation is 1. The maximum absolute atomic E-state index is 14.1. The van der Waals surface area contributed by atoms with Crippen molar-refractivity contribution in [3.05, 3.63) is 89.6 Å². The molecule has 3 heterocycles. The number of likely N-dealkylation sites (N-methyl/N-ethyl adjacent to an activating group) is 1. The van der Waals surface area contributed by atoms with Gasteiger partial charge < -0.3 is 15.5 Å². The van der Waals surface area contributed by atoms with E-state index in [0.29, 0.717) is 35.6 Å². The van der Waals surface area contributed by atoms with Crippen LogP contribution in [0.1, 0.15) is 33.5 Å². The number of alkyl halides is 3. The van der Waals surface area contributed by atoms with Gasteiger partial charge >= 0.3 is 6.18 Å². The summed E-state index contributed by atoms with van der Waals surface area (Å²) in [6, 6.07) is 11.0. The molecule has 5 rings (SSSR count). The van der Waals surface area contributed by atoms with E-state index in [1.165, 1.54) is 18.5 Å². The number of hydrogen-bond donors (Lipinski definition) is 2. The van der Waals surface area contributed by atoms with Gasteiger partial charge in [0, 0.05) is 66.8 Å². The van der Waals surface area contributed by atoms with E-state index in [-0.39, 0.29) is 30.1 Å². The summed E-state index contributed by atoms with van der Waals surface area (Å²) in [6.07, 6.45) is 2.63. The number of aromatic nitrogens is 4. The summed E-state index contributed by atoms with van der Waals surface area (Å²) in [5.41, 5.74) is 2.53. The van der Waals surface area contributed by atoms with E-state index in [1.54, 1.807) is 42.9 Å². The van der Waals surface area contributed by atoms with Crippen LogP contribution in [0.3, 0.4) is 0 Å². The quantitative estimate of drug-likeness (QED) is 0.257. The molecule has 226 valence electrons. The Morgan fingerprint density at radius 3 is 2.56 bits per heavy atom. The van der Waals surface area contributed by atoms with Crippen LogP contribution in [0.5, 0.6) is 0 Å². The molecule has 1 aliphatic heterocycles. The van der Waals surface area contributed by atoms with E-state index in [4.69, 9.17) is 0 Å². The van der Waals surface area contributed by atoms with Crippen molar-refractivity contribution in [2.45, 2.75) is 32.1 Å². The van der Waals surface area contributed by atoms with Crippen molar-refractivity contribution < 1.29 is 18.0 Å². The van der Waals surface area contributed by atoms with Crippen LogP contribution in [0, 0.1) is 6.92 Å². The molecule has 2 aromatic carbocycles. The number of amides is 1. The van der Waals surface area contributed by atoms with Gasteiger partial charge in [0.15, 0.2) is 0 Å². The number of halogens is 4. The first-order chi connectivity index (χ1) is 20.1. The first kappa shape index (κ1) is 31.8. The highest BCUT2D eigenvalue weighted by Gasteiger charge is 2.35. The van der Waals surface area contributed by atoms with E-state index >= 15 is 0 Å². The molecule has 13 heteroatoms. The normalized spacial score (nSPS) is 15.3. The molecule has 4 aromatic rings. The minimum atomic E-state index is -4.59. The third-order valence-electron chi connectivity index (χ3n) is 7.30. The Balaban J connectivity index is 0.00000423. The van der Waals surface area contributed by atoms with Gasteiger partial charge in [-0.25, -0.2) is 19.9 Å². The molecule has 1 unspecified atom stereocenters. The van der Waals surface area contributed by atoms with Crippen LogP contribution < -0.4 is 10.6 Å². The monoisotopic (exact) mass is 612 g/mol. The second-order valence-electron chi connectivity index (χ2n) is 10.5. The molecule has 9 nitrogen and oxygen atoms in total. The molecule has 0 radical (unpaired) electrons. The molecule has 0 spiro atoms. The number of anilines is 3. The van der Waals surface area contributed by atoms with Crippen molar-refractivity contribution in [3.63, 3.8) is 0 Å². The van der Waals surface area contributed by atoms with Crippen LogP contribution in [-0.4, -0.2) is 68.9 Å². The highest BCUT2D eigenvalue weighted by molar-refractivity contribution is 6.04. The average molecular weight is 613 g/mol. The van der Waals surface area contributed by atoms with Gasteiger partial charge in [0.05, 0.1) is 11.3 Å². The highest BCUT2D eigenvalue weighted by Crippen LogP contribution is 2.34. The predicted molar refractivity (Wildman–Crippen MR) is 162 cm³/mol. The van der Waals surface area contributed by atoms with Crippen molar-refractivity contribution in [1.82, 2.24) is 29.7 Å². The van der Waals surface area contributed by atoms with Crippen LogP contribution in [-0.2, 0) is 12.7 Å². The summed E-state index contributed by atoms with van der Waals surface area (Å²) in [6.45, 7) is 3.47. The Morgan fingerprint density at radius 2 is 1.86 bits per heavy atom. The van der Waals surface area contributed by atoms with E-state index in [0.717, 1.165) is 30.2 Å². The lowest BCUT2D eigenvalue weighted by Gasteiger charge is -2.22. The predicted octanol–water partition coefficient (Wildman–Crippen LogP) is 5.81. The standard InChI is InChI=1S/C30H31F3N8O.ClH/c1-19-4-7-23(13-27(19)39-29-36-10-8-26(38-29)22-14-34-18-35-15-22)37-28(42)20-5-6-21(25(12-20)30(31,32)33)16-41-11-9-24(17-41)40(2)3;/h4-8,10,12-15,18,24H,9,11,16-17H2,1-3H3,(H,37,42)(H,36,38,39);1H. The maximum atomic E-state index is 14.1. The minimum absolute atomic E-state index is 0. The zero-order valence-electron chi connectivity index (χ0n) is 23.9. The Hall–Kier alpha value is -4.13. The SMILES string of the molecule is Cc1ccc(NC(=O)c2ccc(CN3CCC(N(C)C)C3)c(C(F)(F)F)c2)cc1Nc1nccc(-c2cncnc2)n1.Cl. The van der Waals surface area contributed by atoms with Crippen molar-refractivity contribution in [1.29, 1.82) is 0 Å². The number of likely N-dealkylation sites (tertiary alicyclic amines) is 1. The van der Waals surface area contributed by atoms with Gasteiger partial charge in [-0.15, -0.1) is 12.4 Å². The first-order valence-corrected chi connectivity index (χ1v) is 13.4. The molecule has 43 heavy (non-hydrogen) atoms. The number of rotatable bonds is 8. The van der Waals surface area contributed by atoms with E-state index in [2.05, 4.69) is 35.5 Å². The summed E-state index contributed by atoms with van der Waals surface area (Å²) in [7, 11) is 3.95. The lowest BCUT2D eigenvalue weighted by Crippen LogP contribution is -2.31. The van der Waals surface area contributed by atoms with E-state index in [1.807, 2.05) is 25.9 Å². The summed E-state index contributed by atoms with van der Waals surface area (Å²) in [5.74, 6) is -0.318. The van der Waals surface area contributed by atoms with Gasteiger partial charge in [0.2, 0.25) is 5.95 Å². The highest BCUT2D eigenvalue weighted by atomic mass is 35.5. The smallest absolute Gasteiger partial charge is 0.324 e. The van der Waals surface area contributed by atoms with Gasteiger partial charge in [0.1, 0.15) is 6.33 Å². The fourth-order valence-electron chi connectivity index (χ4n) is 4.91. The molecule has 1 fully saturated rings. The Bertz CT molecular complexity index is 1570. The molecular formula is C30H32ClF3N8O. The molecule has 1 amide bonds. The number of carbonyl (C=O) groups is 1. The first-order valence-electron chi connectivity index (χ1n) is 13.4. The fourth-order valence-corrected chi connectivity index (χ4v) is 4.91. The zero-order chi connectivity index (χ0) is 29.9. The van der Waals surface area contributed by atoms with Gasteiger partial charge in [-0.2, -0.15) is 13.2 Å². The second-order valence-corrected chi connectivity index (χ2v) is 10.5. The lowest BCUT2D eigenvalue weighted by molar-refractivity contribution is -0.138. The minimum Gasteiger partial charge on any atom is -0.324 e. The Labute approximate surface area is 254 Å². The number of benzene rings is 2. The second kappa shape index (κ2) is 13.4. The summed E-state index contributed by atoms with van der Waals surface area (Å²) >= 11 is 0. The van der Waals surface area contributed by atoms with Crippen molar-refractivity contribution in [3.8, 4) is 11.3 Å². The topological polar surface area (TPSA) is 99.2 Å². The maximum Gasteiger partial charge on any atom is 0.416 e. The van der Waals surface area contributed by atoms with Crippen LogP contribution in [0.15, 0.2) is 67.4 Å². The number of nitrogens with one attached hydrogen (secondary N) is 2. The van der Waals surface area contributed by atoms with Gasteiger partial charge in [-0.1, -0.05) is 12.1 Å². The number of nitrogens with zero attached hydrogens (tertiary/aromatic N) is 6. The molecule has 1 atom stereocenters. The molecule has 1 saturated heterocycles. The summed E-state index contributed by atoms with van der Waals surface area (Å²) in [4.78, 5) is 34.0. The molecule has 0 aliphatic carbocycles. The Morgan fingerprint density at radius 1 is 1.09 bits per heavy atom. The number of hydrogen-bond acceptors (Lipinski definition) is 8. The van der Waals surface area contributed by atoms with Gasteiger partial charge in [-0.3, -0.25) is 9.69 Å². The molecule has 0 bridgehead atoms. The molecule has 1 aliphatic rings. The third kappa shape index (κ3) is 7.83.